The summed E-state index contributed by atoms with van der Waals surface area (Å²) in [4.78, 5) is 17.3. The third kappa shape index (κ3) is 6.90. The average Bonchev–Trinajstić information content (AvgIpc) is 3.17. The summed E-state index contributed by atoms with van der Waals surface area (Å²) in [6.07, 6.45) is 0.878. The molecule has 1 aromatic carbocycles. The van der Waals surface area contributed by atoms with E-state index in [1.54, 1.807) is 57.2 Å². The molecule has 0 aliphatic heterocycles. The number of aliphatic hydroxyl groups is 1. The smallest absolute Gasteiger partial charge is 0.408 e. The summed E-state index contributed by atoms with van der Waals surface area (Å²) in [5, 5.41) is 25.0. The van der Waals surface area contributed by atoms with E-state index in [0.29, 0.717) is 22.5 Å². The van der Waals surface area contributed by atoms with Crippen LogP contribution in [0.4, 0.5) is 4.79 Å². The number of benzene rings is 1. The van der Waals surface area contributed by atoms with Crippen LogP contribution in [0.5, 0.6) is 11.6 Å². The zero-order valence-corrected chi connectivity index (χ0v) is 18.1. The standard InChI is InChI=1S/C20H23ClN6O4/c1-20(2,3)31-19(29)23-15(12-28)11-27-25-18(24-26-27)13-4-7-16(8-5-13)30-17-9-6-14(21)10-22-17/h4-10,15,28H,11-12H2,1-3H3,(H,23,29). The quantitative estimate of drug-likeness (QED) is 0.567. The van der Waals surface area contributed by atoms with Gasteiger partial charge in [-0.2, -0.15) is 4.80 Å². The van der Waals surface area contributed by atoms with Crippen molar-refractivity contribution in [2.75, 3.05) is 6.61 Å². The van der Waals surface area contributed by atoms with Crippen molar-refractivity contribution in [3.05, 3.63) is 47.6 Å². The van der Waals surface area contributed by atoms with Gasteiger partial charge in [-0.1, -0.05) is 11.6 Å². The summed E-state index contributed by atoms with van der Waals surface area (Å²) >= 11 is 5.82. The van der Waals surface area contributed by atoms with Crippen LogP contribution in [0.3, 0.4) is 0 Å². The predicted octanol–water partition coefficient (Wildman–Crippen LogP) is 3.07. The second kappa shape index (κ2) is 9.71. The largest absolute Gasteiger partial charge is 0.444 e. The van der Waals surface area contributed by atoms with Crippen LogP contribution >= 0.6 is 11.6 Å². The first-order chi connectivity index (χ1) is 14.7. The number of aromatic nitrogens is 5. The molecular formula is C20H23ClN6O4. The number of amides is 1. The Morgan fingerprint density at radius 3 is 2.58 bits per heavy atom. The molecule has 31 heavy (non-hydrogen) atoms. The van der Waals surface area contributed by atoms with E-state index < -0.39 is 17.7 Å². The first kappa shape index (κ1) is 22.4. The molecule has 0 spiro atoms. The number of ether oxygens (including phenoxy) is 2. The molecule has 11 heteroatoms. The van der Waals surface area contributed by atoms with Crippen molar-refractivity contribution in [3.63, 3.8) is 0 Å². The minimum Gasteiger partial charge on any atom is -0.444 e. The molecule has 2 N–H and O–H groups in total. The van der Waals surface area contributed by atoms with Crippen molar-refractivity contribution in [1.29, 1.82) is 0 Å². The molecular weight excluding hydrogens is 424 g/mol. The Kier molecular flexibility index (Phi) is 7.03. The molecule has 0 saturated carbocycles. The molecule has 0 bridgehead atoms. The fourth-order valence-electron chi connectivity index (χ4n) is 2.47. The van der Waals surface area contributed by atoms with Crippen LogP contribution in [-0.2, 0) is 11.3 Å². The number of pyridine rings is 1. The Hall–Kier alpha value is -3.24. The van der Waals surface area contributed by atoms with Gasteiger partial charge in [0, 0.05) is 17.8 Å². The van der Waals surface area contributed by atoms with Crippen LogP contribution < -0.4 is 10.1 Å². The minimum atomic E-state index is -0.637. The zero-order valence-electron chi connectivity index (χ0n) is 17.3. The third-order valence-corrected chi connectivity index (χ3v) is 4.04. The SMILES string of the molecule is CC(C)(C)OC(=O)NC(CO)Cn1nnc(-c2ccc(Oc3ccc(Cl)cn3)cc2)n1. The Balaban J connectivity index is 1.60. The summed E-state index contributed by atoms with van der Waals surface area (Å²) in [6.45, 7) is 5.10. The molecule has 164 valence electrons. The summed E-state index contributed by atoms with van der Waals surface area (Å²) < 4.78 is 10.8. The Morgan fingerprint density at radius 1 is 1.23 bits per heavy atom. The molecule has 2 heterocycles. The van der Waals surface area contributed by atoms with Gasteiger partial charge < -0.3 is 19.9 Å². The maximum Gasteiger partial charge on any atom is 0.408 e. The molecule has 1 unspecified atom stereocenters. The lowest BCUT2D eigenvalue weighted by Gasteiger charge is -2.22. The van der Waals surface area contributed by atoms with Crippen LogP contribution in [-0.4, -0.2) is 54.6 Å². The normalized spacial score (nSPS) is 12.3. The maximum absolute atomic E-state index is 11.9. The lowest BCUT2D eigenvalue weighted by atomic mass is 10.2. The van der Waals surface area contributed by atoms with Crippen LogP contribution in [0.1, 0.15) is 20.8 Å². The molecule has 3 aromatic rings. The number of tetrazole rings is 1. The highest BCUT2D eigenvalue weighted by atomic mass is 35.5. The number of carbonyl (C=O) groups excluding carboxylic acids is 1. The molecule has 3 rings (SSSR count). The van der Waals surface area contributed by atoms with Gasteiger partial charge in [0.15, 0.2) is 0 Å². The second-order valence-corrected chi connectivity index (χ2v) is 8.07. The van der Waals surface area contributed by atoms with Gasteiger partial charge in [0.2, 0.25) is 11.7 Å². The molecule has 10 nitrogen and oxygen atoms in total. The fourth-order valence-corrected chi connectivity index (χ4v) is 2.58. The van der Waals surface area contributed by atoms with Crippen molar-refractivity contribution in [2.45, 2.75) is 39.0 Å². The lowest BCUT2D eigenvalue weighted by molar-refractivity contribution is 0.0472. The third-order valence-electron chi connectivity index (χ3n) is 3.81. The first-order valence-corrected chi connectivity index (χ1v) is 9.87. The predicted molar refractivity (Wildman–Crippen MR) is 113 cm³/mol. The van der Waals surface area contributed by atoms with Gasteiger partial charge in [0.05, 0.1) is 24.2 Å². The van der Waals surface area contributed by atoms with Gasteiger partial charge in [-0.3, -0.25) is 0 Å². The number of carbonyl (C=O) groups is 1. The number of alkyl carbamates (subject to hydrolysis) is 1. The van der Waals surface area contributed by atoms with Gasteiger partial charge in [0.25, 0.3) is 0 Å². The average molecular weight is 447 g/mol. The molecule has 0 aliphatic rings. The van der Waals surface area contributed by atoms with Gasteiger partial charge in [0.1, 0.15) is 11.4 Å². The van der Waals surface area contributed by atoms with Crippen molar-refractivity contribution >= 4 is 17.7 Å². The van der Waals surface area contributed by atoms with E-state index >= 15 is 0 Å². The molecule has 0 aliphatic carbocycles. The summed E-state index contributed by atoms with van der Waals surface area (Å²) in [5.74, 6) is 1.41. The van der Waals surface area contributed by atoms with Crippen molar-refractivity contribution < 1.29 is 19.4 Å². The molecule has 1 atom stereocenters. The number of nitrogens with one attached hydrogen (secondary N) is 1. The number of hydrogen-bond acceptors (Lipinski definition) is 8. The second-order valence-electron chi connectivity index (χ2n) is 7.63. The highest BCUT2D eigenvalue weighted by molar-refractivity contribution is 6.30. The number of hydrogen-bond donors (Lipinski definition) is 2. The minimum absolute atomic E-state index is 0.131. The topological polar surface area (TPSA) is 124 Å². The number of nitrogens with zero attached hydrogens (tertiary/aromatic N) is 5. The van der Waals surface area contributed by atoms with E-state index in [1.807, 2.05) is 0 Å². The summed E-state index contributed by atoms with van der Waals surface area (Å²) in [7, 11) is 0. The van der Waals surface area contributed by atoms with E-state index in [9.17, 15) is 9.90 Å². The fraction of sp³-hybridized carbons (Fsp3) is 0.350. The molecule has 0 saturated heterocycles. The van der Waals surface area contributed by atoms with Crippen molar-refractivity contribution in [3.8, 4) is 23.0 Å². The van der Waals surface area contributed by atoms with E-state index in [-0.39, 0.29) is 13.2 Å². The van der Waals surface area contributed by atoms with E-state index in [1.165, 1.54) is 11.0 Å². The number of aliphatic hydroxyl groups excluding tert-OH is 1. The van der Waals surface area contributed by atoms with Crippen LogP contribution in [0.25, 0.3) is 11.4 Å². The van der Waals surface area contributed by atoms with Crippen molar-refractivity contribution in [1.82, 2.24) is 30.5 Å². The van der Waals surface area contributed by atoms with Gasteiger partial charge in [-0.15, -0.1) is 10.2 Å². The lowest BCUT2D eigenvalue weighted by Crippen LogP contribution is -2.43. The Morgan fingerprint density at radius 2 is 1.97 bits per heavy atom. The molecule has 1 amide bonds. The maximum atomic E-state index is 11.9. The Bertz CT molecular complexity index is 1000. The molecule has 0 radical (unpaired) electrons. The van der Waals surface area contributed by atoms with Crippen molar-refractivity contribution in [2.24, 2.45) is 0 Å². The van der Waals surface area contributed by atoms with E-state index in [0.717, 1.165) is 5.56 Å². The van der Waals surface area contributed by atoms with E-state index in [4.69, 9.17) is 21.1 Å². The number of rotatable bonds is 7. The molecule has 2 aromatic heterocycles. The number of halogens is 1. The van der Waals surface area contributed by atoms with Gasteiger partial charge in [-0.05, 0) is 56.3 Å². The zero-order chi connectivity index (χ0) is 22.4. The highest BCUT2D eigenvalue weighted by Crippen LogP contribution is 2.23. The Labute approximate surface area is 184 Å². The van der Waals surface area contributed by atoms with Gasteiger partial charge in [-0.25, -0.2) is 9.78 Å². The highest BCUT2D eigenvalue weighted by Gasteiger charge is 2.20. The first-order valence-electron chi connectivity index (χ1n) is 9.50. The van der Waals surface area contributed by atoms with Gasteiger partial charge >= 0.3 is 6.09 Å². The van der Waals surface area contributed by atoms with Crippen LogP contribution in [0.2, 0.25) is 5.02 Å². The van der Waals surface area contributed by atoms with Crippen LogP contribution in [0.15, 0.2) is 42.6 Å². The van der Waals surface area contributed by atoms with E-state index in [2.05, 4.69) is 25.7 Å². The monoisotopic (exact) mass is 446 g/mol. The van der Waals surface area contributed by atoms with Crippen LogP contribution in [0, 0.1) is 0 Å². The molecule has 0 fully saturated rings. The summed E-state index contributed by atoms with van der Waals surface area (Å²) in [5.41, 5.74) is 0.0886. The summed E-state index contributed by atoms with van der Waals surface area (Å²) in [6, 6.07) is 9.83.